The van der Waals surface area contributed by atoms with Crippen LogP contribution in [-0.2, 0) is 11.3 Å². The van der Waals surface area contributed by atoms with Crippen molar-refractivity contribution in [1.29, 1.82) is 0 Å². The lowest BCUT2D eigenvalue weighted by Gasteiger charge is -2.09. The lowest BCUT2D eigenvalue weighted by atomic mass is 10.3. The number of nitrogen functional groups attached to an aromatic ring is 1. The molecule has 3 rings (SSSR count). The van der Waals surface area contributed by atoms with Gasteiger partial charge in [-0.05, 0) is 36.4 Å². The summed E-state index contributed by atoms with van der Waals surface area (Å²) in [5.41, 5.74) is 8.67. The van der Waals surface area contributed by atoms with Crippen LogP contribution in [0.2, 0.25) is 0 Å². The highest BCUT2D eigenvalue weighted by atomic mass is 32.2. The zero-order chi connectivity index (χ0) is 14.7. The molecule has 3 aromatic rings. The van der Waals surface area contributed by atoms with Crippen LogP contribution in [-0.4, -0.2) is 23.3 Å². The smallest absolute Gasteiger partial charge is 0.0892 e. The fourth-order valence-electron chi connectivity index (χ4n) is 2.22. The SMILES string of the molecule is COCCn1ccc2nccc(Sc3ccc(N)cc3)c21. The van der Waals surface area contributed by atoms with Gasteiger partial charge in [-0.15, -0.1) is 0 Å². The van der Waals surface area contributed by atoms with E-state index in [1.165, 1.54) is 4.90 Å². The summed E-state index contributed by atoms with van der Waals surface area (Å²) >= 11 is 1.72. The van der Waals surface area contributed by atoms with Crippen molar-refractivity contribution in [2.45, 2.75) is 16.3 Å². The third-order valence-corrected chi connectivity index (χ3v) is 4.32. The van der Waals surface area contributed by atoms with Gasteiger partial charge in [-0.1, -0.05) is 11.8 Å². The maximum absolute atomic E-state index is 5.74. The van der Waals surface area contributed by atoms with Crippen molar-refractivity contribution in [3.05, 3.63) is 48.8 Å². The third-order valence-electron chi connectivity index (χ3n) is 3.26. The molecule has 0 amide bonds. The van der Waals surface area contributed by atoms with E-state index in [1.54, 1.807) is 18.9 Å². The number of aromatic nitrogens is 2. The van der Waals surface area contributed by atoms with Crippen molar-refractivity contribution >= 4 is 28.5 Å². The van der Waals surface area contributed by atoms with E-state index >= 15 is 0 Å². The van der Waals surface area contributed by atoms with Gasteiger partial charge in [0.05, 0.1) is 17.6 Å². The number of anilines is 1. The molecule has 2 aromatic heterocycles. The summed E-state index contributed by atoms with van der Waals surface area (Å²) in [6.45, 7) is 1.51. The Kier molecular flexibility index (Phi) is 4.13. The molecular weight excluding hydrogens is 282 g/mol. The predicted molar refractivity (Wildman–Crippen MR) is 86.6 cm³/mol. The zero-order valence-corrected chi connectivity index (χ0v) is 12.6. The molecular formula is C16H17N3OS. The van der Waals surface area contributed by atoms with Crippen LogP contribution >= 0.6 is 11.8 Å². The normalized spacial score (nSPS) is 11.1. The lowest BCUT2D eigenvalue weighted by Crippen LogP contribution is -2.03. The highest BCUT2D eigenvalue weighted by Gasteiger charge is 2.09. The number of fused-ring (bicyclic) bond motifs is 1. The molecule has 4 nitrogen and oxygen atoms in total. The summed E-state index contributed by atoms with van der Waals surface area (Å²) in [6.07, 6.45) is 3.91. The van der Waals surface area contributed by atoms with Crippen molar-refractivity contribution in [2.24, 2.45) is 0 Å². The Morgan fingerprint density at radius 2 is 2.00 bits per heavy atom. The van der Waals surface area contributed by atoms with Crippen molar-refractivity contribution in [3.8, 4) is 0 Å². The number of hydrogen-bond donors (Lipinski definition) is 1. The second kappa shape index (κ2) is 6.20. The van der Waals surface area contributed by atoms with Gasteiger partial charge in [-0.2, -0.15) is 0 Å². The van der Waals surface area contributed by atoms with E-state index in [0.717, 1.165) is 28.2 Å². The average Bonchev–Trinajstić information content (AvgIpc) is 2.92. The molecule has 0 radical (unpaired) electrons. The molecule has 0 aliphatic carbocycles. The monoisotopic (exact) mass is 299 g/mol. The lowest BCUT2D eigenvalue weighted by molar-refractivity contribution is 0.188. The number of methoxy groups -OCH3 is 1. The molecule has 108 valence electrons. The minimum absolute atomic E-state index is 0.685. The number of nitrogens with two attached hydrogens (primary N) is 1. The Balaban J connectivity index is 1.97. The first-order valence-electron chi connectivity index (χ1n) is 6.74. The first-order valence-corrected chi connectivity index (χ1v) is 7.56. The van der Waals surface area contributed by atoms with Crippen LogP contribution in [0.3, 0.4) is 0 Å². The summed E-state index contributed by atoms with van der Waals surface area (Å²) in [5.74, 6) is 0. The van der Waals surface area contributed by atoms with Crippen LogP contribution in [0.1, 0.15) is 0 Å². The summed E-state index contributed by atoms with van der Waals surface area (Å²) in [6, 6.07) is 12.0. The maximum atomic E-state index is 5.74. The van der Waals surface area contributed by atoms with Crippen LogP contribution < -0.4 is 5.73 Å². The van der Waals surface area contributed by atoms with Gasteiger partial charge in [0, 0.05) is 41.5 Å². The molecule has 21 heavy (non-hydrogen) atoms. The topological polar surface area (TPSA) is 53.1 Å². The number of benzene rings is 1. The quantitative estimate of drug-likeness (QED) is 0.733. The van der Waals surface area contributed by atoms with Gasteiger partial charge in [0.25, 0.3) is 0 Å². The molecule has 0 unspecified atom stereocenters. The molecule has 0 saturated carbocycles. The van der Waals surface area contributed by atoms with Crippen molar-refractivity contribution in [1.82, 2.24) is 9.55 Å². The Morgan fingerprint density at radius 1 is 1.19 bits per heavy atom. The maximum Gasteiger partial charge on any atom is 0.0892 e. The van der Waals surface area contributed by atoms with Crippen LogP contribution in [0.25, 0.3) is 11.0 Å². The van der Waals surface area contributed by atoms with Crippen LogP contribution in [0, 0.1) is 0 Å². The first-order chi connectivity index (χ1) is 10.3. The van der Waals surface area contributed by atoms with Gasteiger partial charge in [-0.3, -0.25) is 4.98 Å². The summed E-state index contributed by atoms with van der Waals surface area (Å²) in [4.78, 5) is 6.78. The van der Waals surface area contributed by atoms with Gasteiger partial charge in [0.15, 0.2) is 0 Å². The Morgan fingerprint density at radius 3 is 2.76 bits per heavy atom. The van der Waals surface area contributed by atoms with Gasteiger partial charge in [-0.25, -0.2) is 0 Å². The van der Waals surface area contributed by atoms with Crippen LogP contribution in [0.15, 0.2) is 58.6 Å². The number of hydrogen-bond acceptors (Lipinski definition) is 4. The molecule has 0 saturated heterocycles. The molecule has 0 fully saturated rings. The van der Waals surface area contributed by atoms with E-state index in [0.29, 0.717) is 6.61 Å². The van der Waals surface area contributed by atoms with Crippen LogP contribution in [0.5, 0.6) is 0 Å². The molecule has 1 aromatic carbocycles. The molecule has 5 heteroatoms. The van der Waals surface area contributed by atoms with Crippen molar-refractivity contribution in [2.75, 3.05) is 19.5 Å². The fourth-order valence-corrected chi connectivity index (χ4v) is 3.19. The first kappa shape index (κ1) is 14.0. The minimum Gasteiger partial charge on any atom is -0.399 e. The van der Waals surface area contributed by atoms with E-state index in [9.17, 15) is 0 Å². The van der Waals surface area contributed by atoms with Gasteiger partial charge >= 0.3 is 0 Å². The molecule has 2 N–H and O–H groups in total. The Hall–Kier alpha value is -1.98. The number of rotatable bonds is 5. The highest BCUT2D eigenvalue weighted by Crippen LogP contribution is 2.33. The Bertz CT molecular complexity index is 737. The second-order valence-electron chi connectivity index (χ2n) is 4.72. The van der Waals surface area contributed by atoms with Crippen molar-refractivity contribution < 1.29 is 4.74 Å². The predicted octanol–water partition coefficient (Wildman–Crippen LogP) is 3.42. The van der Waals surface area contributed by atoms with Crippen molar-refractivity contribution in [3.63, 3.8) is 0 Å². The standard InChI is InChI=1S/C16H17N3OS/c1-20-11-10-19-9-7-14-16(19)15(6-8-18-14)21-13-4-2-12(17)3-5-13/h2-9H,10-11,17H2,1H3. The summed E-state index contributed by atoms with van der Waals surface area (Å²) in [5, 5.41) is 0. The van der Waals surface area contributed by atoms with E-state index < -0.39 is 0 Å². The van der Waals surface area contributed by atoms with E-state index in [4.69, 9.17) is 10.5 Å². The van der Waals surface area contributed by atoms with Crippen LogP contribution in [0.4, 0.5) is 5.69 Å². The van der Waals surface area contributed by atoms with Gasteiger partial charge < -0.3 is 15.0 Å². The molecule has 0 spiro atoms. The molecule has 0 aliphatic heterocycles. The van der Waals surface area contributed by atoms with Gasteiger partial charge in [0.2, 0.25) is 0 Å². The largest absolute Gasteiger partial charge is 0.399 e. The number of nitrogens with zero attached hydrogens (tertiary/aromatic N) is 2. The number of pyridine rings is 1. The highest BCUT2D eigenvalue weighted by molar-refractivity contribution is 7.99. The third kappa shape index (κ3) is 3.04. The second-order valence-corrected chi connectivity index (χ2v) is 5.83. The Labute approximate surface area is 127 Å². The van der Waals surface area contributed by atoms with Gasteiger partial charge in [0.1, 0.15) is 0 Å². The summed E-state index contributed by atoms with van der Waals surface area (Å²) in [7, 11) is 1.72. The molecule has 0 atom stereocenters. The fraction of sp³-hybridized carbons (Fsp3) is 0.188. The zero-order valence-electron chi connectivity index (χ0n) is 11.8. The minimum atomic E-state index is 0.685. The number of ether oxygens (including phenoxy) is 1. The van der Waals surface area contributed by atoms with E-state index in [-0.39, 0.29) is 0 Å². The van der Waals surface area contributed by atoms with E-state index in [1.807, 2.05) is 42.6 Å². The summed E-state index contributed by atoms with van der Waals surface area (Å²) < 4.78 is 7.36. The molecule has 2 heterocycles. The molecule has 0 bridgehead atoms. The van der Waals surface area contributed by atoms with E-state index in [2.05, 4.69) is 15.7 Å². The average molecular weight is 299 g/mol. The molecule has 0 aliphatic rings.